The Balaban J connectivity index is 2.64. The molecule has 1 aromatic carbocycles. The minimum atomic E-state index is -3.82. The highest BCUT2D eigenvalue weighted by molar-refractivity contribution is 8.00. The molecule has 0 aromatic heterocycles. The van der Waals surface area contributed by atoms with Crippen LogP contribution >= 0.6 is 11.8 Å². The molecule has 0 fully saturated rings. The molecule has 7 nitrogen and oxygen atoms in total. The summed E-state index contributed by atoms with van der Waals surface area (Å²) in [4.78, 5) is 21.4. The number of nitrogens with one attached hydrogen (secondary N) is 1. The summed E-state index contributed by atoms with van der Waals surface area (Å²) in [6.45, 7) is 0. The van der Waals surface area contributed by atoms with Gasteiger partial charge in [-0.1, -0.05) is 30.3 Å². The lowest BCUT2D eigenvalue weighted by Crippen LogP contribution is -2.43. The number of carbonyl (C=O) groups is 2. The maximum atomic E-state index is 11.9. The summed E-state index contributed by atoms with van der Waals surface area (Å²) in [5, 5.41) is 17.5. The van der Waals surface area contributed by atoms with Crippen molar-refractivity contribution >= 4 is 33.7 Å². The minimum Gasteiger partial charge on any atom is -0.481 e. The van der Waals surface area contributed by atoms with Crippen LogP contribution in [-0.2, 0) is 25.4 Å². The fraction of sp³-hybridized carbons (Fsp3) is 0.333. The topological polar surface area (TPSA) is 121 Å². The third kappa shape index (κ3) is 7.11. The molecule has 0 bridgehead atoms. The van der Waals surface area contributed by atoms with Gasteiger partial charge in [0.25, 0.3) is 0 Å². The van der Waals surface area contributed by atoms with Crippen LogP contribution in [0.25, 0.3) is 0 Å². The van der Waals surface area contributed by atoms with Gasteiger partial charge in [0, 0.05) is 5.75 Å². The van der Waals surface area contributed by atoms with Crippen LogP contribution < -0.4 is 4.72 Å². The summed E-state index contributed by atoms with van der Waals surface area (Å²) >= 11 is 0.837. The van der Waals surface area contributed by atoms with E-state index < -0.39 is 28.0 Å². The van der Waals surface area contributed by atoms with Crippen LogP contribution in [-0.4, -0.2) is 48.1 Å². The molecule has 0 saturated carbocycles. The molecule has 0 spiro atoms. The van der Waals surface area contributed by atoms with Crippen molar-refractivity contribution in [2.75, 3.05) is 11.5 Å². The van der Waals surface area contributed by atoms with Gasteiger partial charge in [0.05, 0.1) is 11.5 Å². The summed E-state index contributed by atoms with van der Waals surface area (Å²) in [6, 6.07) is 6.99. The number of carboxylic acids is 2. The standard InChI is InChI=1S/C12H15NO6S2/c14-11(15)7-20-6-10(12(16)17)13-21(18,19)8-9-4-2-1-3-5-9/h1-5,10,13H,6-8H2,(H,14,15)(H,16,17)/t10-/m0/s1. The highest BCUT2D eigenvalue weighted by atomic mass is 32.2. The predicted octanol–water partition coefficient (Wildman–Crippen LogP) is 0.377. The highest BCUT2D eigenvalue weighted by Crippen LogP contribution is 2.08. The second-order valence-corrected chi connectivity index (χ2v) is 6.95. The summed E-state index contributed by atoms with van der Waals surface area (Å²) in [5.74, 6) is -3.21. The van der Waals surface area contributed by atoms with Crippen LogP contribution in [0.5, 0.6) is 0 Å². The monoisotopic (exact) mass is 333 g/mol. The number of carboxylic acid groups (broad SMARTS) is 2. The van der Waals surface area contributed by atoms with Crippen molar-refractivity contribution < 1.29 is 28.2 Å². The largest absolute Gasteiger partial charge is 0.481 e. The average molecular weight is 333 g/mol. The molecule has 0 radical (unpaired) electrons. The first-order chi connectivity index (χ1) is 9.80. The molecule has 0 aliphatic heterocycles. The van der Waals surface area contributed by atoms with Crippen molar-refractivity contribution in [2.24, 2.45) is 0 Å². The number of hydrogen-bond acceptors (Lipinski definition) is 5. The van der Waals surface area contributed by atoms with Crippen LogP contribution in [0.4, 0.5) is 0 Å². The molecule has 3 N–H and O–H groups in total. The van der Waals surface area contributed by atoms with Gasteiger partial charge in [-0.15, -0.1) is 11.8 Å². The Morgan fingerprint density at radius 3 is 2.33 bits per heavy atom. The molecule has 0 unspecified atom stereocenters. The molecule has 0 saturated heterocycles. The highest BCUT2D eigenvalue weighted by Gasteiger charge is 2.24. The van der Waals surface area contributed by atoms with E-state index >= 15 is 0 Å². The zero-order valence-electron chi connectivity index (χ0n) is 10.9. The van der Waals surface area contributed by atoms with E-state index in [2.05, 4.69) is 4.72 Å². The minimum absolute atomic E-state index is 0.157. The lowest BCUT2D eigenvalue weighted by Gasteiger charge is -2.14. The van der Waals surface area contributed by atoms with E-state index in [9.17, 15) is 18.0 Å². The molecule has 1 rings (SSSR count). The number of rotatable bonds is 9. The van der Waals surface area contributed by atoms with E-state index in [1.165, 1.54) is 0 Å². The third-order valence-corrected chi connectivity index (χ3v) is 4.71. The van der Waals surface area contributed by atoms with Crippen LogP contribution in [0, 0.1) is 0 Å². The molecule has 0 amide bonds. The van der Waals surface area contributed by atoms with Gasteiger partial charge in [0.1, 0.15) is 6.04 Å². The van der Waals surface area contributed by atoms with Crippen molar-refractivity contribution in [3.05, 3.63) is 35.9 Å². The Morgan fingerprint density at radius 1 is 1.19 bits per heavy atom. The van der Waals surface area contributed by atoms with E-state index in [-0.39, 0.29) is 17.3 Å². The molecule has 0 heterocycles. The first kappa shape index (κ1) is 17.5. The fourth-order valence-corrected chi connectivity index (χ4v) is 3.66. The molecular weight excluding hydrogens is 318 g/mol. The lowest BCUT2D eigenvalue weighted by atomic mass is 10.2. The van der Waals surface area contributed by atoms with E-state index in [0.29, 0.717) is 5.56 Å². The van der Waals surface area contributed by atoms with E-state index in [0.717, 1.165) is 11.8 Å². The molecule has 0 aliphatic rings. The van der Waals surface area contributed by atoms with Gasteiger partial charge in [-0.05, 0) is 5.56 Å². The number of benzene rings is 1. The van der Waals surface area contributed by atoms with E-state index in [1.807, 2.05) is 0 Å². The van der Waals surface area contributed by atoms with Gasteiger partial charge in [0.15, 0.2) is 0 Å². The van der Waals surface area contributed by atoms with Crippen molar-refractivity contribution in [1.29, 1.82) is 0 Å². The normalized spacial score (nSPS) is 12.8. The summed E-state index contributed by atoms with van der Waals surface area (Å²) in [6.07, 6.45) is 0. The Bertz CT molecular complexity index is 587. The zero-order valence-corrected chi connectivity index (χ0v) is 12.6. The lowest BCUT2D eigenvalue weighted by molar-refractivity contribution is -0.138. The second kappa shape index (κ2) is 8.01. The Hall–Kier alpha value is -1.58. The molecule has 1 aromatic rings. The second-order valence-electron chi connectivity index (χ2n) is 4.16. The number of hydrogen-bond donors (Lipinski definition) is 3. The van der Waals surface area contributed by atoms with Crippen molar-refractivity contribution in [3.63, 3.8) is 0 Å². The van der Waals surface area contributed by atoms with Gasteiger partial charge >= 0.3 is 11.9 Å². The van der Waals surface area contributed by atoms with Gasteiger partial charge < -0.3 is 10.2 Å². The van der Waals surface area contributed by atoms with Crippen molar-refractivity contribution in [2.45, 2.75) is 11.8 Å². The van der Waals surface area contributed by atoms with Gasteiger partial charge in [0.2, 0.25) is 10.0 Å². The SMILES string of the molecule is O=C(O)CSC[C@H](NS(=O)(=O)Cc1ccccc1)C(=O)O. The molecule has 0 aliphatic carbocycles. The van der Waals surface area contributed by atoms with Crippen LogP contribution in [0.15, 0.2) is 30.3 Å². The first-order valence-corrected chi connectivity index (χ1v) is 8.67. The summed E-state index contributed by atoms with van der Waals surface area (Å²) in [7, 11) is -3.82. The van der Waals surface area contributed by atoms with Gasteiger partial charge in [-0.2, -0.15) is 4.72 Å². The number of thioether (sulfide) groups is 1. The molecule has 116 valence electrons. The van der Waals surface area contributed by atoms with E-state index in [1.54, 1.807) is 30.3 Å². The maximum absolute atomic E-state index is 11.9. The molecule has 9 heteroatoms. The maximum Gasteiger partial charge on any atom is 0.322 e. The Labute approximate surface area is 126 Å². The summed E-state index contributed by atoms with van der Waals surface area (Å²) < 4.78 is 25.9. The first-order valence-electron chi connectivity index (χ1n) is 5.86. The zero-order chi connectivity index (χ0) is 15.9. The van der Waals surface area contributed by atoms with Gasteiger partial charge in [-0.3, -0.25) is 9.59 Å². The van der Waals surface area contributed by atoms with E-state index in [4.69, 9.17) is 10.2 Å². The summed E-state index contributed by atoms with van der Waals surface area (Å²) in [5.41, 5.74) is 0.535. The molecule has 21 heavy (non-hydrogen) atoms. The van der Waals surface area contributed by atoms with Crippen LogP contribution in [0.3, 0.4) is 0 Å². The fourth-order valence-electron chi connectivity index (χ4n) is 1.47. The van der Waals surface area contributed by atoms with Gasteiger partial charge in [-0.25, -0.2) is 8.42 Å². The van der Waals surface area contributed by atoms with Crippen molar-refractivity contribution in [1.82, 2.24) is 4.72 Å². The number of aliphatic carboxylic acids is 2. The Kier molecular flexibility index (Phi) is 6.66. The van der Waals surface area contributed by atoms with Crippen molar-refractivity contribution in [3.8, 4) is 0 Å². The van der Waals surface area contributed by atoms with Crippen LogP contribution in [0.1, 0.15) is 5.56 Å². The predicted molar refractivity (Wildman–Crippen MR) is 78.6 cm³/mol. The average Bonchev–Trinajstić information content (AvgIpc) is 2.37. The number of sulfonamides is 1. The van der Waals surface area contributed by atoms with Crippen LogP contribution in [0.2, 0.25) is 0 Å². The molecule has 1 atom stereocenters. The smallest absolute Gasteiger partial charge is 0.322 e. The quantitative estimate of drug-likeness (QED) is 0.597. The third-order valence-electron chi connectivity index (χ3n) is 2.33. The Morgan fingerprint density at radius 2 is 1.81 bits per heavy atom. The molecular formula is C12H15NO6S2.